The van der Waals surface area contributed by atoms with Crippen LogP contribution in [0.4, 0.5) is 4.79 Å². The van der Waals surface area contributed by atoms with Crippen molar-refractivity contribution in [1.82, 2.24) is 9.97 Å². The minimum Gasteiger partial charge on any atom is -0.506 e. The lowest BCUT2D eigenvalue weighted by Gasteiger charge is -1.94. The molecule has 2 aromatic rings. The summed E-state index contributed by atoms with van der Waals surface area (Å²) in [6.07, 6.45) is 5.98. The summed E-state index contributed by atoms with van der Waals surface area (Å²) in [4.78, 5) is 17.5. The van der Waals surface area contributed by atoms with Crippen LogP contribution in [-0.2, 0) is 0 Å². The Balaban J connectivity index is 0.000000181. The second-order valence-corrected chi connectivity index (χ2v) is 3.05. The molecule has 2 aromatic heterocycles. The van der Waals surface area contributed by atoms with Crippen molar-refractivity contribution >= 4 is 17.0 Å². The first-order valence-electron chi connectivity index (χ1n) is 4.55. The molecular formula is C11H9ClN2O3. The summed E-state index contributed by atoms with van der Waals surface area (Å²) >= 11 is 4.92. The third kappa shape index (κ3) is 6.11. The van der Waals surface area contributed by atoms with Crippen molar-refractivity contribution in [1.29, 1.82) is 0 Å². The maximum atomic E-state index is 10.1. The first-order valence-corrected chi connectivity index (χ1v) is 4.92. The number of nitrogens with zero attached hydrogens (tertiary/aromatic N) is 2. The second kappa shape index (κ2) is 7.19. The summed E-state index contributed by atoms with van der Waals surface area (Å²) in [7, 11) is 0. The van der Waals surface area contributed by atoms with Gasteiger partial charge in [-0.3, -0.25) is 9.97 Å². The summed E-state index contributed by atoms with van der Waals surface area (Å²) in [6, 6.07) is 6.49. The van der Waals surface area contributed by atoms with Gasteiger partial charge in [-0.15, -0.1) is 0 Å². The Morgan fingerprint density at radius 1 is 1.18 bits per heavy atom. The number of ether oxygens (including phenoxy) is 1. The highest BCUT2D eigenvalue weighted by Gasteiger charge is 1.96. The Hall–Kier alpha value is -2.14. The lowest BCUT2D eigenvalue weighted by Crippen LogP contribution is -1.95. The van der Waals surface area contributed by atoms with Crippen LogP contribution in [0.1, 0.15) is 0 Å². The Bertz CT molecular complexity index is 451. The second-order valence-electron chi connectivity index (χ2n) is 2.74. The summed E-state index contributed by atoms with van der Waals surface area (Å²) < 4.78 is 4.48. The molecule has 0 spiro atoms. The zero-order chi connectivity index (χ0) is 12.5. The van der Waals surface area contributed by atoms with Crippen molar-refractivity contribution in [2.45, 2.75) is 0 Å². The van der Waals surface area contributed by atoms with E-state index in [0.29, 0.717) is 5.75 Å². The third-order valence-corrected chi connectivity index (χ3v) is 1.56. The van der Waals surface area contributed by atoms with Crippen molar-refractivity contribution in [3.63, 3.8) is 0 Å². The van der Waals surface area contributed by atoms with E-state index in [0.717, 1.165) is 0 Å². The number of halogens is 1. The average Bonchev–Trinajstić information content (AvgIpc) is 2.31. The van der Waals surface area contributed by atoms with E-state index < -0.39 is 5.43 Å². The van der Waals surface area contributed by atoms with E-state index in [1.807, 2.05) is 0 Å². The highest BCUT2D eigenvalue weighted by atomic mass is 35.5. The van der Waals surface area contributed by atoms with Gasteiger partial charge in [0.1, 0.15) is 11.5 Å². The fourth-order valence-corrected chi connectivity index (χ4v) is 0.943. The van der Waals surface area contributed by atoms with Crippen LogP contribution >= 0.6 is 11.6 Å². The summed E-state index contributed by atoms with van der Waals surface area (Å²) in [6.45, 7) is 0. The lowest BCUT2D eigenvalue weighted by atomic mass is 10.5. The van der Waals surface area contributed by atoms with E-state index in [1.165, 1.54) is 12.4 Å². The van der Waals surface area contributed by atoms with Crippen LogP contribution in [0.5, 0.6) is 11.5 Å². The van der Waals surface area contributed by atoms with Gasteiger partial charge in [0.15, 0.2) is 0 Å². The molecule has 0 unspecified atom stereocenters. The van der Waals surface area contributed by atoms with Gasteiger partial charge in [0.25, 0.3) is 0 Å². The Kier molecular flexibility index (Phi) is 5.46. The number of aromatic nitrogens is 2. The molecule has 88 valence electrons. The molecule has 0 amide bonds. The molecule has 2 rings (SSSR count). The van der Waals surface area contributed by atoms with Gasteiger partial charge in [0.2, 0.25) is 0 Å². The molecule has 0 atom stereocenters. The van der Waals surface area contributed by atoms with Crippen LogP contribution in [0.3, 0.4) is 0 Å². The number of aromatic hydroxyl groups is 1. The smallest absolute Gasteiger partial charge is 0.409 e. The van der Waals surface area contributed by atoms with Gasteiger partial charge in [-0.05, 0) is 24.3 Å². The van der Waals surface area contributed by atoms with Gasteiger partial charge in [-0.25, -0.2) is 4.79 Å². The van der Waals surface area contributed by atoms with Crippen molar-refractivity contribution in [2.24, 2.45) is 0 Å². The quantitative estimate of drug-likeness (QED) is 0.790. The molecule has 17 heavy (non-hydrogen) atoms. The van der Waals surface area contributed by atoms with Gasteiger partial charge < -0.3 is 9.84 Å². The van der Waals surface area contributed by atoms with E-state index in [4.69, 9.17) is 16.7 Å². The first-order chi connectivity index (χ1) is 8.18. The predicted molar refractivity (Wildman–Crippen MR) is 62.0 cm³/mol. The standard InChI is InChI=1S/C6H4ClNO2.C5H5NO/c7-6(9)10-5-2-1-3-8-4-5;7-5-2-1-3-6-4-5/h1-4H;1-4,7H. The molecule has 0 saturated carbocycles. The number of pyridine rings is 2. The molecule has 0 aliphatic rings. The molecule has 0 aliphatic carbocycles. The monoisotopic (exact) mass is 252 g/mol. The molecular weight excluding hydrogens is 244 g/mol. The number of hydrogen-bond acceptors (Lipinski definition) is 5. The normalized spacial score (nSPS) is 8.76. The minimum atomic E-state index is -0.854. The highest BCUT2D eigenvalue weighted by molar-refractivity contribution is 6.61. The van der Waals surface area contributed by atoms with Crippen molar-refractivity contribution < 1.29 is 14.6 Å². The van der Waals surface area contributed by atoms with Crippen molar-refractivity contribution in [2.75, 3.05) is 0 Å². The topological polar surface area (TPSA) is 72.3 Å². The fraction of sp³-hybridized carbons (Fsp3) is 0. The van der Waals surface area contributed by atoms with Crippen molar-refractivity contribution in [3.8, 4) is 11.5 Å². The Morgan fingerprint density at radius 2 is 1.82 bits per heavy atom. The largest absolute Gasteiger partial charge is 0.506 e. The van der Waals surface area contributed by atoms with Crippen LogP contribution < -0.4 is 4.74 Å². The van der Waals surface area contributed by atoms with Gasteiger partial charge >= 0.3 is 5.43 Å². The van der Waals surface area contributed by atoms with Gasteiger partial charge in [-0.1, -0.05) is 0 Å². The summed E-state index contributed by atoms with van der Waals surface area (Å²) in [5, 5.41) is 8.57. The number of carbonyl (C=O) groups excluding carboxylic acids is 1. The van der Waals surface area contributed by atoms with Crippen LogP contribution in [-0.4, -0.2) is 20.5 Å². The lowest BCUT2D eigenvalue weighted by molar-refractivity contribution is 0.225. The highest BCUT2D eigenvalue weighted by Crippen LogP contribution is 2.07. The van der Waals surface area contributed by atoms with Crippen LogP contribution in [0.25, 0.3) is 0 Å². The molecule has 0 aromatic carbocycles. The van der Waals surface area contributed by atoms with Crippen LogP contribution in [0.2, 0.25) is 0 Å². The molecule has 0 fully saturated rings. The van der Waals surface area contributed by atoms with E-state index in [-0.39, 0.29) is 5.75 Å². The minimum absolute atomic E-state index is 0.211. The van der Waals surface area contributed by atoms with E-state index in [2.05, 4.69) is 14.7 Å². The maximum Gasteiger partial charge on any atom is 0.409 e. The molecule has 1 N–H and O–H groups in total. The molecule has 2 heterocycles. The molecule has 0 radical (unpaired) electrons. The average molecular weight is 253 g/mol. The SMILES string of the molecule is O=C(Cl)Oc1cccnc1.Oc1cccnc1. The zero-order valence-electron chi connectivity index (χ0n) is 8.65. The van der Waals surface area contributed by atoms with Crippen LogP contribution in [0, 0.1) is 0 Å². The van der Waals surface area contributed by atoms with E-state index >= 15 is 0 Å². The molecule has 0 saturated heterocycles. The summed E-state index contributed by atoms with van der Waals surface area (Å²) in [5.41, 5.74) is -0.854. The Morgan fingerprint density at radius 3 is 2.18 bits per heavy atom. The molecule has 0 bridgehead atoms. The summed E-state index contributed by atoms with van der Waals surface area (Å²) in [5.74, 6) is 0.560. The van der Waals surface area contributed by atoms with Gasteiger partial charge in [0, 0.05) is 24.0 Å². The maximum absolute atomic E-state index is 10.1. The third-order valence-electron chi connectivity index (χ3n) is 1.48. The fourth-order valence-electron chi connectivity index (χ4n) is 0.854. The van der Waals surface area contributed by atoms with Crippen LogP contribution in [0.15, 0.2) is 49.1 Å². The van der Waals surface area contributed by atoms with E-state index in [1.54, 1.807) is 36.7 Å². The number of rotatable bonds is 1. The first kappa shape index (κ1) is 12.9. The Labute approximate surface area is 103 Å². The number of carbonyl (C=O) groups is 1. The van der Waals surface area contributed by atoms with Gasteiger partial charge in [0.05, 0.1) is 12.4 Å². The van der Waals surface area contributed by atoms with Gasteiger partial charge in [-0.2, -0.15) is 0 Å². The molecule has 5 nitrogen and oxygen atoms in total. The number of hydrogen-bond donors (Lipinski definition) is 1. The van der Waals surface area contributed by atoms with E-state index in [9.17, 15) is 4.79 Å². The zero-order valence-corrected chi connectivity index (χ0v) is 9.41. The van der Waals surface area contributed by atoms with Crippen molar-refractivity contribution in [3.05, 3.63) is 49.1 Å². The molecule has 6 heteroatoms. The predicted octanol–water partition coefficient (Wildman–Crippen LogP) is 2.61. The molecule has 0 aliphatic heterocycles.